The van der Waals surface area contributed by atoms with Crippen LogP contribution in [0.3, 0.4) is 0 Å². The smallest absolute Gasteiger partial charge is 0.350 e. The van der Waals surface area contributed by atoms with Crippen LogP contribution in [0.2, 0.25) is 0 Å². The predicted molar refractivity (Wildman–Crippen MR) is 67.4 cm³/mol. The minimum absolute atomic E-state index is 0.188. The second-order valence-electron chi connectivity index (χ2n) is 3.22. The highest BCUT2D eigenvalue weighted by Crippen LogP contribution is 2.28. The number of carbonyl (C=O) groups excluding carboxylic acids is 2. The number of esters is 1. The zero-order valence-electron chi connectivity index (χ0n) is 9.17. The summed E-state index contributed by atoms with van der Waals surface area (Å²) < 4.78 is 4.64. The van der Waals surface area contributed by atoms with Gasteiger partial charge in [-0.1, -0.05) is 15.9 Å². The van der Waals surface area contributed by atoms with E-state index in [2.05, 4.69) is 26.0 Å². The molecular formula is C10H12BrNO3S. The Bertz CT molecular complexity index is 414. The number of anilines is 1. The summed E-state index contributed by atoms with van der Waals surface area (Å²) in [5, 5.41) is 4.50. The summed E-state index contributed by atoms with van der Waals surface area (Å²) in [6, 6.07) is 0. The van der Waals surface area contributed by atoms with Crippen molar-refractivity contribution >= 4 is 44.8 Å². The molecule has 88 valence electrons. The molecule has 6 heteroatoms. The number of carbonyl (C=O) groups is 2. The molecule has 0 aliphatic heterocycles. The van der Waals surface area contributed by atoms with Crippen LogP contribution in [0.25, 0.3) is 0 Å². The maximum absolute atomic E-state index is 11.5. The average Bonchev–Trinajstić information content (AvgIpc) is 2.59. The number of methoxy groups -OCH3 is 1. The first-order valence-corrected chi connectivity index (χ1v) is 6.38. The minimum Gasteiger partial charge on any atom is -0.465 e. The molecule has 0 saturated heterocycles. The van der Waals surface area contributed by atoms with E-state index in [-0.39, 0.29) is 10.7 Å². The quantitative estimate of drug-likeness (QED) is 0.690. The van der Waals surface area contributed by atoms with E-state index in [1.54, 1.807) is 12.3 Å². The fourth-order valence-electron chi connectivity index (χ4n) is 1.07. The molecule has 0 bridgehead atoms. The third-order valence-corrected chi connectivity index (χ3v) is 3.45. The van der Waals surface area contributed by atoms with Crippen molar-refractivity contribution < 1.29 is 14.3 Å². The third kappa shape index (κ3) is 2.82. The van der Waals surface area contributed by atoms with Crippen LogP contribution in [0.15, 0.2) is 5.38 Å². The molecule has 1 aromatic rings. The lowest BCUT2D eigenvalue weighted by atomic mass is 10.2. The van der Waals surface area contributed by atoms with Crippen LogP contribution in [0, 0.1) is 6.92 Å². The largest absolute Gasteiger partial charge is 0.465 e. The van der Waals surface area contributed by atoms with Crippen LogP contribution in [-0.4, -0.2) is 23.8 Å². The lowest BCUT2D eigenvalue weighted by molar-refractivity contribution is -0.115. The van der Waals surface area contributed by atoms with Crippen molar-refractivity contribution in [3.05, 3.63) is 15.8 Å². The standard InChI is InChI=1S/C10H12BrNO3S/c1-5-4-16-8(10(14)15-3)7(5)12-9(13)6(2)11/h4,6H,1-3H3,(H,12,13). The minimum atomic E-state index is -0.435. The maximum atomic E-state index is 11.5. The van der Waals surface area contributed by atoms with E-state index < -0.39 is 5.97 Å². The summed E-state index contributed by atoms with van der Waals surface area (Å²) in [6.45, 7) is 3.55. The van der Waals surface area contributed by atoms with Crippen LogP contribution in [0.1, 0.15) is 22.2 Å². The van der Waals surface area contributed by atoms with Crippen molar-refractivity contribution in [2.75, 3.05) is 12.4 Å². The Kier molecular flexibility index (Phi) is 4.49. The van der Waals surface area contributed by atoms with Crippen molar-refractivity contribution in [2.45, 2.75) is 18.7 Å². The van der Waals surface area contributed by atoms with Gasteiger partial charge in [-0.15, -0.1) is 11.3 Å². The summed E-state index contributed by atoms with van der Waals surface area (Å²) in [7, 11) is 1.32. The normalized spacial score (nSPS) is 12.0. The number of amides is 1. The van der Waals surface area contributed by atoms with Crippen LogP contribution < -0.4 is 5.32 Å². The Hall–Kier alpha value is -0.880. The SMILES string of the molecule is COC(=O)c1scc(C)c1NC(=O)C(C)Br. The Morgan fingerprint density at radius 3 is 2.69 bits per heavy atom. The number of nitrogens with one attached hydrogen (secondary N) is 1. The molecule has 0 fully saturated rings. The van der Waals surface area contributed by atoms with Gasteiger partial charge in [-0.05, 0) is 24.8 Å². The first-order chi connectivity index (χ1) is 7.47. The van der Waals surface area contributed by atoms with Gasteiger partial charge in [-0.25, -0.2) is 4.79 Å². The molecule has 0 aliphatic carbocycles. The molecule has 16 heavy (non-hydrogen) atoms. The number of hydrogen-bond donors (Lipinski definition) is 1. The average molecular weight is 306 g/mol. The van der Waals surface area contributed by atoms with Gasteiger partial charge in [0.05, 0.1) is 17.6 Å². The Balaban J connectivity index is 2.98. The maximum Gasteiger partial charge on any atom is 0.350 e. The Morgan fingerprint density at radius 1 is 1.56 bits per heavy atom. The highest BCUT2D eigenvalue weighted by Gasteiger charge is 2.19. The summed E-state index contributed by atoms with van der Waals surface area (Å²) in [5.74, 6) is -0.623. The van der Waals surface area contributed by atoms with Crippen molar-refractivity contribution in [2.24, 2.45) is 0 Å². The molecule has 4 nitrogen and oxygen atoms in total. The second kappa shape index (κ2) is 5.45. The molecule has 0 aliphatic rings. The zero-order chi connectivity index (χ0) is 12.3. The van der Waals surface area contributed by atoms with Gasteiger partial charge in [-0.3, -0.25) is 4.79 Å². The Labute approximate surface area is 106 Å². The number of thiophene rings is 1. The van der Waals surface area contributed by atoms with Gasteiger partial charge >= 0.3 is 5.97 Å². The van der Waals surface area contributed by atoms with Crippen LogP contribution in [-0.2, 0) is 9.53 Å². The molecule has 1 amide bonds. The summed E-state index contributed by atoms with van der Waals surface area (Å²) in [5.41, 5.74) is 1.39. The van der Waals surface area contributed by atoms with Gasteiger partial charge in [0.15, 0.2) is 0 Å². The van der Waals surface area contributed by atoms with Crippen molar-refractivity contribution in [3.63, 3.8) is 0 Å². The second-order valence-corrected chi connectivity index (χ2v) is 5.47. The van der Waals surface area contributed by atoms with E-state index in [0.29, 0.717) is 10.6 Å². The molecule has 0 radical (unpaired) electrons. The van der Waals surface area contributed by atoms with Crippen LogP contribution in [0.5, 0.6) is 0 Å². The lowest BCUT2D eigenvalue weighted by Gasteiger charge is -2.08. The highest BCUT2D eigenvalue weighted by molar-refractivity contribution is 9.10. The predicted octanol–water partition coefficient (Wildman–Crippen LogP) is 2.57. The van der Waals surface area contributed by atoms with Gasteiger partial charge in [0.2, 0.25) is 5.91 Å². The monoisotopic (exact) mass is 305 g/mol. The van der Waals surface area contributed by atoms with Gasteiger partial charge in [0, 0.05) is 0 Å². The number of aryl methyl sites for hydroxylation is 1. The van der Waals surface area contributed by atoms with E-state index >= 15 is 0 Å². The van der Waals surface area contributed by atoms with E-state index in [1.807, 2.05) is 6.92 Å². The highest BCUT2D eigenvalue weighted by atomic mass is 79.9. The van der Waals surface area contributed by atoms with E-state index in [4.69, 9.17) is 0 Å². The van der Waals surface area contributed by atoms with Gasteiger partial charge in [0.1, 0.15) is 4.88 Å². The Morgan fingerprint density at radius 2 is 2.19 bits per heavy atom. The number of alkyl halides is 1. The third-order valence-electron chi connectivity index (χ3n) is 1.96. The lowest BCUT2D eigenvalue weighted by Crippen LogP contribution is -2.21. The molecule has 1 N–H and O–H groups in total. The number of hydrogen-bond acceptors (Lipinski definition) is 4. The molecule has 0 saturated carbocycles. The fourth-order valence-corrected chi connectivity index (χ4v) is 2.10. The van der Waals surface area contributed by atoms with Crippen LogP contribution >= 0.6 is 27.3 Å². The number of ether oxygens (including phenoxy) is 1. The molecule has 1 unspecified atom stereocenters. The molecular weight excluding hydrogens is 294 g/mol. The topological polar surface area (TPSA) is 55.4 Å². The van der Waals surface area contributed by atoms with Crippen molar-refractivity contribution in [3.8, 4) is 0 Å². The van der Waals surface area contributed by atoms with E-state index in [9.17, 15) is 9.59 Å². The van der Waals surface area contributed by atoms with Crippen LogP contribution in [0.4, 0.5) is 5.69 Å². The van der Waals surface area contributed by atoms with Gasteiger partial charge < -0.3 is 10.1 Å². The zero-order valence-corrected chi connectivity index (χ0v) is 11.6. The van der Waals surface area contributed by atoms with E-state index in [0.717, 1.165) is 5.56 Å². The van der Waals surface area contributed by atoms with E-state index in [1.165, 1.54) is 18.4 Å². The first kappa shape index (κ1) is 13.2. The van der Waals surface area contributed by atoms with Gasteiger partial charge in [0.25, 0.3) is 0 Å². The molecule has 1 atom stereocenters. The fraction of sp³-hybridized carbons (Fsp3) is 0.400. The summed E-state index contributed by atoms with van der Waals surface area (Å²) in [4.78, 5) is 23.1. The molecule has 1 heterocycles. The number of rotatable bonds is 3. The summed E-state index contributed by atoms with van der Waals surface area (Å²) >= 11 is 4.42. The number of halogens is 1. The molecule has 0 aromatic carbocycles. The summed E-state index contributed by atoms with van der Waals surface area (Å²) in [6.07, 6.45) is 0. The molecule has 0 spiro atoms. The van der Waals surface area contributed by atoms with Gasteiger partial charge in [-0.2, -0.15) is 0 Å². The molecule has 1 rings (SSSR count). The van der Waals surface area contributed by atoms with Crippen molar-refractivity contribution in [1.82, 2.24) is 0 Å². The molecule has 1 aromatic heterocycles. The first-order valence-electron chi connectivity index (χ1n) is 4.58. The van der Waals surface area contributed by atoms with Crippen molar-refractivity contribution in [1.29, 1.82) is 0 Å².